The highest BCUT2D eigenvalue weighted by Crippen LogP contribution is 2.25. The maximum Gasteiger partial charge on any atom is 0.237 e. The largest absolute Gasteiger partial charge is 0.325 e. The minimum Gasteiger partial charge on any atom is -0.325 e. The van der Waals surface area contributed by atoms with Crippen molar-refractivity contribution in [2.75, 3.05) is 5.32 Å². The van der Waals surface area contributed by atoms with E-state index in [1.165, 1.54) is 23.1 Å². The van der Waals surface area contributed by atoms with E-state index in [0.717, 1.165) is 4.34 Å². The van der Waals surface area contributed by atoms with Crippen LogP contribution in [0.5, 0.6) is 0 Å². The molecule has 4 nitrogen and oxygen atoms in total. The number of hydrogen-bond donors (Lipinski definition) is 1. The first-order valence-corrected chi connectivity index (χ1v) is 7.32. The molecule has 0 radical (unpaired) electrons. The summed E-state index contributed by atoms with van der Waals surface area (Å²) in [5.74, 6) is -0.0788. The third-order valence-electron chi connectivity index (χ3n) is 2.34. The van der Waals surface area contributed by atoms with Gasteiger partial charge in [0.1, 0.15) is 0 Å². The summed E-state index contributed by atoms with van der Waals surface area (Å²) in [6.45, 7) is 1.84. The van der Waals surface area contributed by atoms with E-state index in [9.17, 15) is 4.79 Å². The van der Waals surface area contributed by atoms with Crippen molar-refractivity contribution in [3.8, 4) is 6.07 Å². The number of anilines is 1. The van der Waals surface area contributed by atoms with E-state index < -0.39 is 0 Å². The van der Waals surface area contributed by atoms with Crippen molar-refractivity contribution in [2.24, 2.45) is 0 Å². The van der Waals surface area contributed by atoms with E-state index in [-0.39, 0.29) is 11.2 Å². The summed E-state index contributed by atoms with van der Waals surface area (Å²) in [6.07, 6.45) is 1.72. The Morgan fingerprint density at radius 1 is 1.47 bits per heavy atom. The van der Waals surface area contributed by atoms with Gasteiger partial charge in [-0.05, 0) is 31.2 Å². The van der Waals surface area contributed by atoms with Crippen LogP contribution >= 0.6 is 23.1 Å². The molecule has 2 aromatic rings. The number of nitrogens with zero attached hydrogens (tertiary/aromatic N) is 2. The second-order valence-corrected chi connectivity index (χ2v) is 6.22. The molecule has 0 saturated heterocycles. The van der Waals surface area contributed by atoms with Crippen LogP contribution in [-0.2, 0) is 4.79 Å². The molecule has 0 bridgehead atoms. The summed E-state index contributed by atoms with van der Waals surface area (Å²) in [5.41, 5.74) is 1.26. The summed E-state index contributed by atoms with van der Waals surface area (Å²) < 4.78 is 0.877. The lowest BCUT2D eigenvalue weighted by atomic mass is 10.2. The third-order valence-corrected chi connectivity index (χ3v) is 4.35. The molecule has 1 aromatic heterocycles. The zero-order chi connectivity index (χ0) is 13.7. The van der Waals surface area contributed by atoms with Crippen molar-refractivity contribution in [1.29, 1.82) is 5.26 Å². The number of thiazole rings is 1. The number of nitrogens with one attached hydrogen (secondary N) is 1. The van der Waals surface area contributed by atoms with Crippen molar-refractivity contribution in [1.82, 2.24) is 4.98 Å². The fourth-order valence-corrected chi connectivity index (χ4v) is 3.12. The number of aromatic nitrogens is 1. The van der Waals surface area contributed by atoms with Gasteiger partial charge in [-0.25, -0.2) is 4.98 Å². The lowest BCUT2D eigenvalue weighted by Crippen LogP contribution is -2.22. The van der Waals surface area contributed by atoms with Crippen LogP contribution < -0.4 is 5.32 Å². The molecule has 0 aliphatic rings. The van der Waals surface area contributed by atoms with E-state index >= 15 is 0 Å². The van der Waals surface area contributed by atoms with Crippen molar-refractivity contribution in [2.45, 2.75) is 16.5 Å². The van der Waals surface area contributed by atoms with Crippen LogP contribution in [0.25, 0.3) is 0 Å². The van der Waals surface area contributed by atoms with E-state index in [4.69, 9.17) is 5.26 Å². The second kappa shape index (κ2) is 6.36. The number of thioether (sulfide) groups is 1. The molecule has 6 heteroatoms. The maximum absolute atomic E-state index is 12.0. The fraction of sp³-hybridized carbons (Fsp3) is 0.154. The Balaban J connectivity index is 1.94. The van der Waals surface area contributed by atoms with Gasteiger partial charge in [-0.2, -0.15) is 5.26 Å². The quantitative estimate of drug-likeness (QED) is 0.878. The molecule has 1 atom stereocenters. The summed E-state index contributed by atoms with van der Waals surface area (Å²) >= 11 is 2.94. The zero-order valence-corrected chi connectivity index (χ0v) is 11.8. The zero-order valence-electron chi connectivity index (χ0n) is 10.2. The number of rotatable bonds is 4. The first kappa shape index (κ1) is 13.6. The molecule has 0 saturated carbocycles. The van der Waals surface area contributed by atoms with Gasteiger partial charge in [0.2, 0.25) is 5.91 Å². The standard InChI is InChI=1S/C13H11N3OS2/c1-9(19-13-15-6-7-18-13)12(17)16-11-4-2-10(8-14)3-5-11/h2-7,9H,1H3,(H,16,17). The van der Waals surface area contributed by atoms with Crippen LogP contribution in [0.2, 0.25) is 0 Å². The van der Waals surface area contributed by atoms with Crippen LogP contribution in [0.4, 0.5) is 5.69 Å². The minimum absolute atomic E-state index is 0.0788. The molecule has 19 heavy (non-hydrogen) atoms. The van der Waals surface area contributed by atoms with E-state index in [1.807, 2.05) is 18.4 Å². The highest BCUT2D eigenvalue weighted by molar-refractivity contribution is 8.02. The molecule has 2 rings (SSSR count). The van der Waals surface area contributed by atoms with Crippen LogP contribution in [0.15, 0.2) is 40.2 Å². The van der Waals surface area contributed by atoms with Crippen molar-refractivity contribution < 1.29 is 4.79 Å². The average Bonchev–Trinajstić information content (AvgIpc) is 2.92. The third kappa shape index (κ3) is 3.81. The Bertz CT molecular complexity index is 587. The number of amides is 1. The second-order valence-electron chi connectivity index (χ2n) is 3.74. The maximum atomic E-state index is 12.0. The SMILES string of the molecule is CC(Sc1nccs1)C(=O)Nc1ccc(C#N)cc1. The summed E-state index contributed by atoms with van der Waals surface area (Å²) in [4.78, 5) is 16.1. The summed E-state index contributed by atoms with van der Waals surface area (Å²) in [6, 6.07) is 8.82. The smallest absolute Gasteiger partial charge is 0.237 e. The van der Waals surface area contributed by atoms with E-state index in [1.54, 1.807) is 30.5 Å². The Kier molecular flexibility index (Phi) is 4.55. The Hall–Kier alpha value is -1.84. The number of nitriles is 1. The van der Waals surface area contributed by atoms with Gasteiger partial charge in [0, 0.05) is 17.3 Å². The van der Waals surface area contributed by atoms with E-state index in [0.29, 0.717) is 11.3 Å². The average molecular weight is 289 g/mol. The number of benzene rings is 1. The molecule has 0 fully saturated rings. The molecule has 1 N–H and O–H groups in total. The molecule has 0 aliphatic carbocycles. The predicted octanol–water partition coefficient (Wildman–Crippen LogP) is 3.13. The first-order chi connectivity index (χ1) is 9.19. The summed E-state index contributed by atoms with van der Waals surface area (Å²) in [7, 11) is 0. The van der Waals surface area contributed by atoms with Gasteiger partial charge in [0.25, 0.3) is 0 Å². The molecule has 0 spiro atoms. The van der Waals surface area contributed by atoms with Gasteiger partial charge < -0.3 is 5.32 Å². The van der Waals surface area contributed by atoms with Gasteiger partial charge in [0.15, 0.2) is 4.34 Å². The molecule has 1 unspecified atom stereocenters. The van der Waals surface area contributed by atoms with Crippen LogP contribution in [0, 0.1) is 11.3 Å². The Morgan fingerprint density at radius 2 is 2.21 bits per heavy atom. The van der Waals surface area contributed by atoms with Gasteiger partial charge >= 0.3 is 0 Å². The van der Waals surface area contributed by atoms with Gasteiger partial charge in [-0.3, -0.25) is 4.79 Å². The van der Waals surface area contributed by atoms with Gasteiger partial charge in [-0.15, -0.1) is 11.3 Å². The van der Waals surface area contributed by atoms with Crippen molar-refractivity contribution in [3.63, 3.8) is 0 Å². The van der Waals surface area contributed by atoms with E-state index in [2.05, 4.69) is 10.3 Å². The highest BCUT2D eigenvalue weighted by Gasteiger charge is 2.15. The fourth-order valence-electron chi connectivity index (χ4n) is 1.35. The molecular formula is C13H11N3OS2. The lowest BCUT2D eigenvalue weighted by molar-refractivity contribution is -0.115. The van der Waals surface area contributed by atoms with Gasteiger partial charge in [0.05, 0.1) is 16.9 Å². The number of carbonyl (C=O) groups is 1. The van der Waals surface area contributed by atoms with Crippen LogP contribution in [0.1, 0.15) is 12.5 Å². The number of carbonyl (C=O) groups excluding carboxylic acids is 1. The highest BCUT2D eigenvalue weighted by atomic mass is 32.2. The molecule has 96 valence electrons. The topological polar surface area (TPSA) is 65.8 Å². The van der Waals surface area contributed by atoms with Crippen LogP contribution in [0.3, 0.4) is 0 Å². The molecule has 1 heterocycles. The monoisotopic (exact) mass is 289 g/mol. The van der Waals surface area contributed by atoms with Crippen LogP contribution in [-0.4, -0.2) is 16.1 Å². The van der Waals surface area contributed by atoms with Crippen molar-refractivity contribution >= 4 is 34.7 Å². The summed E-state index contributed by atoms with van der Waals surface area (Å²) in [5, 5.41) is 13.2. The molecule has 1 aromatic carbocycles. The first-order valence-electron chi connectivity index (χ1n) is 5.56. The molecular weight excluding hydrogens is 278 g/mol. The normalized spacial score (nSPS) is 11.6. The Morgan fingerprint density at radius 3 is 2.79 bits per heavy atom. The predicted molar refractivity (Wildman–Crippen MR) is 77.2 cm³/mol. The van der Waals surface area contributed by atoms with Crippen molar-refractivity contribution in [3.05, 3.63) is 41.4 Å². The van der Waals surface area contributed by atoms with Gasteiger partial charge in [-0.1, -0.05) is 11.8 Å². The number of hydrogen-bond acceptors (Lipinski definition) is 5. The molecule has 1 amide bonds. The molecule has 0 aliphatic heterocycles. The minimum atomic E-state index is -0.221. The lowest BCUT2D eigenvalue weighted by Gasteiger charge is -2.10. The Labute approximate surface area is 119 Å².